The minimum Gasteiger partial charge on any atom is -0.383 e. The van der Waals surface area contributed by atoms with Crippen LogP contribution >= 0.6 is 0 Å². The molecule has 1 unspecified atom stereocenters. The molecule has 4 heterocycles. The summed E-state index contributed by atoms with van der Waals surface area (Å²) in [5.74, 6) is 0.289. The number of nitrogens with zero attached hydrogens (tertiary/aromatic N) is 4. The van der Waals surface area contributed by atoms with Crippen molar-refractivity contribution in [3.05, 3.63) is 36.3 Å². The van der Waals surface area contributed by atoms with Crippen molar-refractivity contribution < 1.29 is 9.53 Å². The fourth-order valence-corrected chi connectivity index (χ4v) is 4.43. The number of rotatable bonds is 5. The zero-order valence-electron chi connectivity index (χ0n) is 14.9. The maximum absolute atomic E-state index is 13.2. The third-order valence-electron chi connectivity index (χ3n) is 5.66. The van der Waals surface area contributed by atoms with Crippen molar-refractivity contribution >= 4 is 11.6 Å². The van der Waals surface area contributed by atoms with Gasteiger partial charge in [0.1, 0.15) is 11.2 Å². The Bertz CT molecular complexity index is 726. The van der Waals surface area contributed by atoms with Crippen molar-refractivity contribution in [1.29, 1.82) is 0 Å². The number of fused-ring (bicyclic) bond motifs is 1. The number of imidazole rings is 1. The standard InChI is InChI=1S/C19H26N4O2/c1-25-13-12-21-10-4-7-19(18(21)24)8-5-11-23(19)15-16-14-22-9-3-2-6-17(22)20-16/h2-3,6,9,14H,4-5,7-8,10-13,15H2,1H3. The van der Waals surface area contributed by atoms with Crippen molar-refractivity contribution in [2.45, 2.75) is 37.8 Å². The first-order valence-electron chi connectivity index (χ1n) is 9.19. The molecule has 2 aliphatic rings. The summed E-state index contributed by atoms with van der Waals surface area (Å²) in [5, 5.41) is 0. The van der Waals surface area contributed by atoms with Gasteiger partial charge in [-0.25, -0.2) is 4.98 Å². The van der Waals surface area contributed by atoms with E-state index in [2.05, 4.69) is 11.1 Å². The molecule has 0 radical (unpaired) electrons. The molecule has 6 nitrogen and oxygen atoms in total. The van der Waals surface area contributed by atoms with Gasteiger partial charge in [0.05, 0.1) is 12.3 Å². The molecule has 2 fully saturated rings. The van der Waals surface area contributed by atoms with Gasteiger partial charge < -0.3 is 14.0 Å². The molecule has 2 aromatic rings. The molecule has 134 valence electrons. The lowest BCUT2D eigenvalue weighted by Gasteiger charge is -2.44. The second-order valence-electron chi connectivity index (χ2n) is 7.14. The van der Waals surface area contributed by atoms with E-state index >= 15 is 0 Å². The molecule has 2 saturated heterocycles. The van der Waals surface area contributed by atoms with Crippen LogP contribution in [0.15, 0.2) is 30.6 Å². The number of aromatic nitrogens is 2. The van der Waals surface area contributed by atoms with Crippen LogP contribution in [0.4, 0.5) is 0 Å². The topological polar surface area (TPSA) is 50.1 Å². The van der Waals surface area contributed by atoms with E-state index in [-0.39, 0.29) is 11.4 Å². The Hall–Kier alpha value is -1.92. The normalized spacial score (nSPS) is 24.7. The summed E-state index contributed by atoms with van der Waals surface area (Å²) < 4.78 is 7.23. The number of carbonyl (C=O) groups is 1. The Morgan fingerprint density at radius 1 is 1.24 bits per heavy atom. The first-order chi connectivity index (χ1) is 12.2. The third-order valence-corrected chi connectivity index (χ3v) is 5.66. The number of carbonyl (C=O) groups excluding carboxylic acids is 1. The van der Waals surface area contributed by atoms with Crippen LogP contribution in [0.3, 0.4) is 0 Å². The van der Waals surface area contributed by atoms with Crippen molar-refractivity contribution in [2.24, 2.45) is 0 Å². The number of pyridine rings is 1. The van der Waals surface area contributed by atoms with E-state index in [1.807, 2.05) is 33.7 Å². The first kappa shape index (κ1) is 16.5. The van der Waals surface area contributed by atoms with Gasteiger partial charge in [-0.3, -0.25) is 9.69 Å². The Morgan fingerprint density at radius 2 is 2.08 bits per heavy atom. The molecule has 4 rings (SSSR count). The van der Waals surface area contributed by atoms with Crippen LogP contribution in [0, 0.1) is 0 Å². The third kappa shape index (κ3) is 2.93. The predicted molar refractivity (Wildman–Crippen MR) is 95.3 cm³/mol. The molecule has 0 aliphatic carbocycles. The highest BCUT2D eigenvalue weighted by Crippen LogP contribution is 2.39. The zero-order valence-corrected chi connectivity index (χ0v) is 14.9. The predicted octanol–water partition coefficient (Wildman–Crippen LogP) is 1.94. The van der Waals surface area contributed by atoms with Gasteiger partial charge in [0.25, 0.3) is 0 Å². The molecule has 1 amide bonds. The van der Waals surface area contributed by atoms with Crippen LogP contribution in [0.1, 0.15) is 31.4 Å². The largest absolute Gasteiger partial charge is 0.383 e. The quantitative estimate of drug-likeness (QED) is 0.833. The van der Waals surface area contributed by atoms with Gasteiger partial charge in [-0.2, -0.15) is 0 Å². The number of ether oxygens (including phenoxy) is 1. The first-order valence-corrected chi connectivity index (χ1v) is 9.19. The lowest BCUT2D eigenvalue weighted by Crippen LogP contribution is -2.60. The molecule has 0 saturated carbocycles. The molecule has 1 atom stereocenters. The van der Waals surface area contributed by atoms with E-state index in [9.17, 15) is 4.79 Å². The Kier molecular flexibility index (Phi) is 4.48. The lowest BCUT2D eigenvalue weighted by molar-refractivity contribution is -0.148. The summed E-state index contributed by atoms with van der Waals surface area (Å²) in [6, 6.07) is 6.03. The average molecular weight is 342 g/mol. The van der Waals surface area contributed by atoms with Crippen LogP contribution in [0.25, 0.3) is 5.65 Å². The van der Waals surface area contributed by atoms with Crippen LogP contribution in [-0.4, -0.2) is 64.0 Å². The van der Waals surface area contributed by atoms with Crippen molar-refractivity contribution in [1.82, 2.24) is 19.2 Å². The second kappa shape index (κ2) is 6.77. The summed E-state index contributed by atoms with van der Waals surface area (Å²) in [6.07, 6.45) is 8.17. The molecular weight excluding hydrogens is 316 g/mol. The highest BCUT2D eigenvalue weighted by atomic mass is 16.5. The fourth-order valence-electron chi connectivity index (χ4n) is 4.43. The summed E-state index contributed by atoms with van der Waals surface area (Å²) in [6.45, 7) is 3.86. The van der Waals surface area contributed by atoms with E-state index in [1.54, 1.807) is 7.11 Å². The summed E-state index contributed by atoms with van der Waals surface area (Å²) in [4.78, 5) is 22.3. The van der Waals surface area contributed by atoms with Gasteiger partial charge in [-0.15, -0.1) is 0 Å². The number of piperidine rings is 1. The number of hydrogen-bond acceptors (Lipinski definition) is 4. The summed E-state index contributed by atoms with van der Waals surface area (Å²) in [5.41, 5.74) is 1.67. The highest BCUT2D eigenvalue weighted by Gasteiger charge is 2.50. The highest BCUT2D eigenvalue weighted by molar-refractivity contribution is 5.87. The van der Waals surface area contributed by atoms with E-state index in [0.717, 1.165) is 56.7 Å². The Balaban J connectivity index is 1.55. The van der Waals surface area contributed by atoms with Crippen molar-refractivity contribution in [3.63, 3.8) is 0 Å². The molecule has 0 bridgehead atoms. The maximum Gasteiger partial charge on any atom is 0.243 e. The van der Waals surface area contributed by atoms with E-state index in [4.69, 9.17) is 9.72 Å². The molecule has 0 aromatic carbocycles. The molecule has 0 N–H and O–H groups in total. The summed E-state index contributed by atoms with van der Waals surface area (Å²) in [7, 11) is 1.69. The molecule has 6 heteroatoms. The maximum atomic E-state index is 13.2. The smallest absolute Gasteiger partial charge is 0.243 e. The monoisotopic (exact) mass is 342 g/mol. The fraction of sp³-hybridized carbons (Fsp3) is 0.579. The van der Waals surface area contributed by atoms with Gasteiger partial charge in [0.15, 0.2) is 0 Å². The van der Waals surface area contributed by atoms with Crippen LogP contribution in [0.5, 0.6) is 0 Å². The molecule has 25 heavy (non-hydrogen) atoms. The van der Waals surface area contributed by atoms with Gasteiger partial charge in [-0.1, -0.05) is 6.07 Å². The Morgan fingerprint density at radius 3 is 2.88 bits per heavy atom. The molecular formula is C19H26N4O2. The Labute approximate surface area is 148 Å². The van der Waals surface area contributed by atoms with Crippen molar-refractivity contribution in [3.8, 4) is 0 Å². The van der Waals surface area contributed by atoms with Crippen molar-refractivity contribution in [2.75, 3.05) is 33.4 Å². The summed E-state index contributed by atoms with van der Waals surface area (Å²) >= 11 is 0. The van der Waals surface area contributed by atoms with E-state index in [0.29, 0.717) is 13.2 Å². The number of likely N-dealkylation sites (tertiary alicyclic amines) is 2. The number of methoxy groups -OCH3 is 1. The van der Waals surface area contributed by atoms with Crippen LogP contribution < -0.4 is 0 Å². The second-order valence-corrected chi connectivity index (χ2v) is 7.14. The van der Waals surface area contributed by atoms with Gasteiger partial charge >= 0.3 is 0 Å². The molecule has 1 spiro atoms. The lowest BCUT2D eigenvalue weighted by atomic mass is 9.85. The van der Waals surface area contributed by atoms with E-state index in [1.165, 1.54) is 0 Å². The van der Waals surface area contributed by atoms with E-state index < -0.39 is 0 Å². The van der Waals surface area contributed by atoms with Gasteiger partial charge in [0, 0.05) is 39.1 Å². The SMILES string of the molecule is COCCN1CCCC2(CCCN2Cc2cn3ccccc3n2)C1=O. The minimum atomic E-state index is -0.332. The van der Waals surface area contributed by atoms with Crippen LogP contribution in [-0.2, 0) is 16.1 Å². The van der Waals surface area contributed by atoms with Crippen LogP contribution in [0.2, 0.25) is 0 Å². The molecule has 2 aliphatic heterocycles. The average Bonchev–Trinajstić information content (AvgIpc) is 3.21. The molecule has 2 aromatic heterocycles. The zero-order chi connectivity index (χ0) is 17.3. The van der Waals surface area contributed by atoms with Gasteiger partial charge in [-0.05, 0) is 44.4 Å². The number of hydrogen-bond donors (Lipinski definition) is 0. The minimum absolute atomic E-state index is 0.289. The number of amides is 1. The van der Waals surface area contributed by atoms with Gasteiger partial charge in [0.2, 0.25) is 5.91 Å².